The van der Waals surface area contributed by atoms with Crippen molar-refractivity contribution in [3.05, 3.63) is 52.8 Å². The molecule has 0 bridgehead atoms. The first-order chi connectivity index (χ1) is 18.2. The van der Waals surface area contributed by atoms with Crippen molar-refractivity contribution in [3.8, 4) is 5.88 Å². The van der Waals surface area contributed by atoms with Crippen molar-refractivity contribution in [3.63, 3.8) is 0 Å². The number of likely N-dealkylation sites (N-methyl/N-ethyl adjacent to an activating group) is 1. The molecule has 0 spiro atoms. The molecule has 9 nitrogen and oxygen atoms in total. The van der Waals surface area contributed by atoms with Crippen molar-refractivity contribution in [2.24, 2.45) is 5.92 Å². The molecule has 202 valence electrons. The zero-order valence-corrected chi connectivity index (χ0v) is 21.7. The maximum Gasteiger partial charge on any atom is 0.290 e. The van der Waals surface area contributed by atoms with Crippen molar-refractivity contribution < 1.29 is 28.6 Å². The van der Waals surface area contributed by atoms with Crippen LogP contribution in [0.1, 0.15) is 46.7 Å². The normalized spacial score (nSPS) is 21.5. The van der Waals surface area contributed by atoms with Crippen LogP contribution < -0.4 is 9.64 Å². The van der Waals surface area contributed by atoms with E-state index in [4.69, 9.17) is 4.74 Å². The molecule has 1 aromatic heterocycles. The van der Waals surface area contributed by atoms with Gasteiger partial charge in [-0.05, 0) is 55.4 Å². The number of ketones is 1. The number of carbonyl (C=O) groups is 3. The third kappa shape index (κ3) is 5.09. The smallest absolute Gasteiger partial charge is 0.290 e. The maximum atomic E-state index is 13.6. The number of piperidine rings is 1. The molecule has 0 saturated carbocycles. The van der Waals surface area contributed by atoms with Crippen LogP contribution in [0.25, 0.3) is 0 Å². The monoisotopic (exact) mass is 524 g/mol. The second-order valence-electron chi connectivity index (χ2n) is 10.5. The van der Waals surface area contributed by atoms with Gasteiger partial charge in [0.15, 0.2) is 0 Å². The number of fused-ring (bicyclic) bond motifs is 1. The predicted octanol–water partition coefficient (Wildman–Crippen LogP) is 2.02. The Balaban J connectivity index is 1.31. The van der Waals surface area contributed by atoms with Gasteiger partial charge in [-0.3, -0.25) is 14.4 Å². The summed E-state index contributed by atoms with van der Waals surface area (Å²) in [5.74, 6) is -1.27. The van der Waals surface area contributed by atoms with E-state index in [2.05, 4.69) is 4.98 Å². The second-order valence-corrected chi connectivity index (χ2v) is 10.5. The first kappa shape index (κ1) is 26.1. The Hall–Kier alpha value is -3.53. The quantitative estimate of drug-likeness (QED) is 0.577. The van der Waals surface area contributed by atoms with Crippen LogP contribution in [0, 0.1) is 11.7 Å². The van der Waals surface area contributed by atoms with Crippen LogP contribution in [0.5, 0.6) is 5.88 Å². The highest BCUT2D eigenvalue weighted by Crippen LogP contribution is 2.38. The SMILES string of the molecule is COc1nc2c(cc1C(=O)N1CCC(Cc3ccc(F)cc3)CC1)C(C(=O)C(=O)N1CC[C@H](O)C1)CN2C. The van der Waals surface area contributed by atoms with E-state index in [0.717, 1.165) is 24.8 Å². The Bertz CT molecular complexity index is 1230. The number of carbonyl (C=O) groups excluding carboxylic acids is 3. The van der Waals surface area contributed by atoms with Crippen molar-refractivity contribution in [2.45, 2.75) is 37.7 Å². The highest BCUT2D eigenvalue weighted by molar-refractivity contribution is 6.38. The number of β-amino-alcohol motifs (C(OH)–C–C–N with tert-alkyl or cyclic N) is 1. The molecule has 10 heteroatoms. The van der Waals surface area contributed by atoms with E-state index in [9.17, 15) is 23.9 Å². The summed E-state index contributed by atoms with van der Waals surface area (Å²) in [6, 6.07) is 8.21. The van der Waals surface area contributed by atoms with E-state index in [0.29, 0.717) is 43.4 Å². The Morgan fingerprint density at radius 3 is 2.37 bits per heavy atom. The third-order valence-corrected chi connectivity index (χ3v) is 7.93. The molecule has 3 aliphatic rings. The number of Topliss-reactive ketones (excluding diaryl/α,β-unsaturated/α-hetero) is 1. The van der Waals surface area contributed by atoms with E-state index in [-0.39, 0.29) is 36.3 Å². The van der Waals surface area contributed by atoms with Gasteiger partial charge in [0.2, 0.25) is 11.7 Å². The van der Waals surface area contributed by atoms with Gasteiger partial charge >= 0.3 is 0 Å². The minimum atomic E-state index is -0.744. The fourth-order valence-electron chi connectivity index (χ4n) is 5.75. The number of aromatic nitrogens is 1. The Morgan fingerprint density at radius 2 is 1.74 bits per heavy atom. The number of methoxy groups -OCH3 is 1. The van der Waals surface area contributed by atoms with Crippen LogP contribution in [0.3, 0.4) is 0 Å². The van der Waals surface area contributed by atoms with Gasteiger partial charge in [-0.1, -0.05) is 12.1 Å². The zero-order chi connectivity index (χ0) is 27.0. The minimum Gasteiger partial charge on any atom is -0.480 e. The highest BCUT2D eigenvalue weighted by atomic mass is 19.1. The molecule has 2 saturated heterocycles. The number of benzene rings is 1. The summed E-state index contributed by atoms with van der Waals surface area (Å²) in [6.45, 7) is 1.93. The minimum absolute atomic E-state index is 0.154. The maximum absolute atomic E-state index is 13.6. The summed E-state index contributed by atoms with van der Waals surface area (Å²) in [5.41, 5.74) is 1.90. The van der Waals surface area contributed by atoms with Gasteiger partial charge in [-0.15, -0.1) is 0 Å². The molecule has 2 atom stereocenters. The number of hydrogen-bond donors (Lipinski definition) is 1. The van der Waals surface area contributed by atoms with Crippen molar-refractivity contribution >= 4 is 23.4 Å². The summed E-state index contributed by atoms with van der Waals surface area (Å²) in [5, 5.41) is 9.78. The molecule has 2 fully saturated rings. The molecular weight excluding hydrogens is 491 g/mol. The highest BCUT2D eigenvalue weighted by Gasteiger charge is 2.41. The fraction of sp³-hybridized carbons (Fsp3) is 0.500. The number of ether oxygens (including phenoxy) is 1. The van der Waals surface area contributed by atoms with E-state index < -0.39 is 23.7 Å². The number of likely N-dealkylation sites (tertiary alicyclic amines) is 2. The Labute approximate surface area is 221 Å². The molecule has 2 amide bonds. The number of anilines is 1. The number of aliphatic hydroxyl groups is 1. The Kier molecular flexibility index (Phi) is 7.34. The third-order valence-electron chi connectivity index (χ3n) is 7.93. The van der Waals surface area contributed by atoms with Crippen LogP contribution >= 0.6 is 0 Å². The van der Waals surface area contributed by atoms with E-state index in [1.54, 1.807) is 35.0 Å². The number of rotatable bonds is 6. The van der Waals surface area contributed by atoms with Gasteiger partial charge in [0.1, 0.15) is 17.2 Å². The number of amides is 2. The van der Waals surface area contributed by atoms with Crippen LogP contribution in [-0.2, 0) is 16.0 Å². The number of hydrogen-bond acceptors (Lipinski definition) is 7. The summed E-state index contributed by atoms with van der Waals surface area (Å²) in [4.78, 5) is 49.2. The van der Waals surface area contributed by atoms with Gasteiger partial charge in [0.25, 0.3) is 11.8 Å². The Morgan fingerprint density at radius 1 is 1.05 bits per heavy atom. The molecule has 2 aromatic rings. The summed E-state index contributed by atoms with van der Waals surface area (Å²) in [6.07, 6.45) is 2.33. The largest absolute Gasteiger partial charge is 0.480 e. The lowest BCUT2D eigenvalue weighted by Crippen LogP contribution is -2.39. The molecular formula is C28H33FN4O5. The molecule has 0 aliphatic carbocycles. The van der Waals surface area contributed by atoms with E-state index in [1.165, 1.54) is 24.1 Å². The van der Waals surface area contributed by atoms with Gasteiger partial charge < -0.3 is 24.5 Å². The lowest BCUT2D eigenvalue weighted by atomic mass is 9.90. The first-order valence-corrected chi connectivity index (χ1v) is 13.1. The summed E-state index contributed by atoms with van der Waals surface area (Å²) >= 11 is 0. The first-order valence-electron chi connectivity index (χ1n) is 13.1. The van der Waals surface area contributed by atoms with Crippen LogP contribution in [0.2, 0.25) is 0 Å². The van der Waals surface area contributed by atoms with E-state index >= 15 is 0 Å². The molecule has 1 aromatic carbocycles. The topological polar surface area (TPSA) is 103 Å². The number of halogens is 1. The van der Waals surface area contributed by atoms with Gasteiger partial charge in [-0.25, -0.2) is 4.39 Å². The molecule has 38 heavy (non-hydrogen) atoms. The second kappa shape index (κ2) is 10.7. The van der Waals surface area contributed by atoms with Crippen molar-refractivity contribution in [2.75, 3.05) is 51.8 Å². The molecule has 3 aliphatic heterocycles. The number of aliphatic hydroxyl groups excluding tert-OH is 1. The molecule has 5 rings (SSSR count). The summed E-state index contributed by atoms with van der Waals surface area (Å²) < 4.78 is 18.7. The average molecular weight is 525 g/mol. The van der Waals surface area contributed by atoms with Crippen LogP contribution in [-0.4, -0.2) is 90.5 Å². The van der Waals surface area contributed by atoms with E-state index in [1.807, 2.05) is 0 Å². The average Bonchev–Trinajstić information content (AvgIpc) is 3.51. The van der Waals surface area contributed by atoms with Crippen LogP contribution in [0.4, 0.5) is 10.2 Å². The molecule has 1 unspecified atom stereocenters. The van der Waals surface area contributed by atoms with Gasteiger partial charge in [0, 0.05) is 45.3 Å². The zero-order valence-electron chi connectivity index (χ0n) is 21.7. The fourth-order valence-corrected chi connectivity index (χ4v) is 5.75. The number of pyridine rings is 1. The van der Waals surface area contributed by atoms with Gasteiger partial charge in [0.05, 0.1) is 19.1 Å². The standard InChI is InChI=1S/C28H33FN4O5/c1-31-16-23(24(35)28(37)33-12-9-20(34)15-33)21-14-22(26(38-2)30-25(21)31)27(36)32-10-7-18(8-11-32)13-17-3-5-19(29)6-4-17/h3-6,14,18,20,23,34H,7-13,15-16H2,1-2H3/t20-,23?/m0/s1. The molecule has 1 N–H and O–H groups in total. The lowest BCUT2D eigenvalue weighted by Gasteiger charge is -2.32. The van der Waals surface area contributed by atoms with Crippen LogP contribution in [0.15, 0.2) is 30.3 Å². The predicted molar refractivity (Wildman–Crippen MR) is 138 cm³/mol. The summed E-state index contributed by atoms with van der Waals surface area (Å²) in [7, 11) is 3.25. The van der Waals surface area contributed by atoms with Crippen molar-refractivity contribution in [1.29, 1.82) is 0 Å². The molecule has 4 heterocycles. The van der Waals surface area contributed by atoms with Crippen molar-refractivity contribution in [1.82, 2.24) is 14.8 Å². The molecule has 0 radical (unpaired) electrons. The van der Waals surface area contributed by atoms with Gasteiger partial charge in [-0.2, -0.15) is 4.98 Å². The number of nitrogens with zero attached hydrogens (tertiary/aromatic N) is 4. The lowest BCUT2D eigenvalue weighted by molar-refractivity contribution is -0.144.